The van der Waals surface area contributed by atoms with Crippen LogP contribution in [0.25, 0.3) is 22.3 Å². The van der Waals surface area contributed by atoms with Crippen LogP contribution in [0.4, 0.5) is 26.1 Å². The fourth-order valence-corrected chi connectivity index (χ4v) is 10.7. The molecule has 4 atom stereocenters. The number of hydrogen-bond acceptors (Lipinski definition) is 11. The van der Waals surface area contributed by atoms with Gasteiger partial charge in [0.1, 0.15) is 11.6 Å². The number of benzene rings is 2. The average molecular weight is 863 g/mol. The zero-order valence-electron chi connectivity index (χ0n) is 35.5. The molecule has 330 valence electrons. The lowest BCUT2D eigenvalue weighted by atomic mass is 9.89. The van der Waals surface area contributed by atoms with Gasteiger partial charge in [0, 0.05) is 87.0 Å². The van der Waals surface area contributed by atoms with Crippen molar-refractivity contribution in [3.8, 4) is 17.1 Å². The number of nitrogens with zero attached hydrogens (tertiary/aromatic N) is 8. The number of carbonyl (C=O) groups is 3. The molecule has 5 aromatic rings. The number of hydrogen-bond donors (Lipinski definition) is 3. The van der Waals surface area contributed by atoms with E-state index in [0.29, 0.717) is 85.6 Å². The number of piperidine rings is 2. The number of imide groups is 1. The fourth-order valence-electron chi connectivity index (χ4n) is 10.7. The van der Waals surface area contributed by atoms with E-state index < -0.39 is 29.4 Å². The van der Waals surface area contributed by atoms with Crippen molar-refractivity contribution in [3.63, 3.8) is 0 Å². The maximum Gasteiger partial charge on any atom is 0.258 e. The maximum absolute atomic E-state index is 15.4. The zero-order valence-corrected chi connectivity index (χ0v) is 35.5. The minimum atomic E-state index is -1.03. The summed E-state index contributed by atoms with van der Waals surface area (Å²) in [6.07, 6.45) is 6.46. The summed E-state index contributed by atoms with van der Waals surface area (Å²) in [4.78, 5) is 54.4. The summed E-state index contributed by atoms with van der Waals surface area (Å²) < 4.78 is 41.0. The molecule has 3 N–H and O–H groups in total. The average Bonchev–Trinajstić information content (AvgIpc) is 3.98. The minimum Gasteiger partial charge on any atom is -0.477 e. The Morgan fingerprint density at radius 3 is 2.44 bits per heavy atom. The number of ether oxygens (including phenoxy) is 1. The van der Waals surface area contributed by atoms with Crippen LogP contribution < -0.4 is 25.2 Å². The Balaban J connectivity index is 0.851. The molecule has 7 heterocycles. The van der Waals surface area contributed by atoms with Crippen LogP contribution >= 0.6 is 0 Å². The van der Waals surface area contributed by atoms with E-state index in [4.69, 9.17) is 14.7 Å². The van der Waals surface area contributed by atoms with Crippen LogP contribution in [-0.4, -0.2) is 110 Å². The van der Waals surface area contributed by atoms with E-state index >= 15 is 8.78 Å². The predicted octanol–water partition coefficient (Wildman–Crippen LogP) is 5.15. The molecule has 0 spiro atoms. The van der Waals surface area contributed by atoms with E-state index in [1.807, 2.05) is 31.0 Å². The van der Waals surface area contributed by atoms with Gasteiger partial charge in [-0.3, -0.25) is 34.9 Å². The second kappa shape index (κ2) is 16.6. The molecule has 4 fully saturated rings. The number of pyridine rings is 1. The number of aryl methyl sites for hydroxylation is 2. The Morgan fingerprint density at radius 1 is 0.873 bits per heavy atom. The number of anilines is 3. The van der Waals surface area contributed by atoms with E-state index in [0.717, 1.165) is 60.9 Å². The number of rotatable bonds is 5. The van der Waals surface area contributed by atoms with Crippen molar-refractivity contribution in [2.45, 2.75) is 76.4 Å². The van der Waals surface area contributed by atoms with Gasteiger partial charge in [0.05, 0.1) is 53.7 Å². The summed E-state index contributed by atoms with van der Waals surface area (Å²) >= 11 is 0. The van der Waals surface area contributed by atoms with Gasteiger partial charge in [-0.25, -0.2) is 18.4 Å². The highest BCUT2D eigenvalue weighted by Crippen LogP contribution is 2.38. The van der Waals surface area contributed by atoms with Crippen molar-refractivity contribution in [1.82, 2.24) is 34.5 Å². The molecule has 0 radical (unpaired) electrons. The van der Waals surface area contributed by atoms with E-state index in [1.54, 1.807) is 23.0 Å². The molecule has 4 aliphatic heterocycles. The van der Waals surface area contributed by atoms with Gasteiger partial charge in [-0.05, 0) is 99.7 Å². The molecule has 4 bridgehead atoms. The molecule has 1 aliphatic carbocycles. The fraction of sp³-hybridized carbons (Fsp3) is 0.478. The number of fused-ring (bicyclic) bond motifs is 9. The van der Waals surface area contributed by atoms with Crippen molar-refractivity contribution in [1.29, 1.82) is 0 Å². The molecule has 5 aliphatic rings. The highest BCUT2D eigenvalue weighted by molar-refractivity contribution is 6.05. The number of imidazole rings is 1. The maximum atomic E-state index is 15.4. The predicted molar refractivity (Wildman–Crippen MR) is 232 cm³/mol. The quantitative estimate of drug-likeness (QED) is 0.201. The lowest BCUT2D eigenvalue weighted by molar-refractivity contribution is -0.134. The first kappa shape index (κ1) is 41.1. The number of amides is 3. The van der Waals surface area contributed by atoms with Crippen molar-refractivity contribution >= 4 is 46.1 Å². The molecule has 3 aromatic heterocycles. The lowest BCUT2D eigenvalue weighted by Gasteiger charge is -2.47. The molecule has 3 saturated heterocycles. The first-order chi connectivity index (χ1) is 30.5. The standard InChI is InChI=1S/C46H52F2N10O5/c1-26-15-29-17-39(50-26)35-21-49-54(2)45(35)63-25-28-4-3-27(16-28)22-58-40-20-31(5-7-38(40)51-46(58)53-43(29)61)57-14-13-56(23-33(57)24-59)30-9-11-55(12-10-30)32-18-36(47)42(37(48)19-32)34-6-8-41(60)52-44(34)62/h5,7,15,17-21,27-28,30,33-34,59H,3-4,6,8-14,16,22-25H2,1-2H3,(H,51,53,61)(H,52,60,62)/t27-,28+,33-,34-/m1/s1. The number of nitrogens with one attached hydrogen (secondary N) is 2. The SMILES string of the molecule is Cc1cc2cc(n1)-c1cnn(C)c1OC[C@H]1CC[C@H](C1)Cn1c(nc3ccc(N4CCN(C5CCN(c6cc(F)c([C@H]7CCC(=O)NC7=O)c(F)c6)CC5)C[C@@H]4CO)cc31)NC2=O. The molecule has 15 nitrogen and oxygen atoms in total. The van der Waals surface area contributed by atoms with Gasteiger partial charge in [-0.1, -0.05) is 0 Å². The molecule has 1 saturated carbocycles. The molecule has 10 rings (SSSR count). The van der Waals surface area contributed by atoms with Crippen molar-refractivity contribution in [2.24, 2.45) is 18.9 Å². The third-order valence-electron chi connectivity index (χ3n) is 13.9. The molecule has 63 heavy (non-hydrogen) atoms. The topological polar surface area (TPSA) is 163 Å². The summed E-state index contributed by atoms with van der Waals surface area (Å²) in [5, 5.41) is 20.6. The van der Waals surface area contributed by atoms with Gasteiger partial charge in [-0.2, -0.15) is 5.10 Å². The summed E-state index contributed by atoms with van der Waals surface area (Å²) in [5.41, 5.74) is 5.34. The first-order valence-corrected chi connectivity index (χ1v) is 22.1. The van der Waals surface area contributed by atoms with Gasteiger partial charge < -0.3 is 24.2 Å². The van der Waals surface area contributed by atoms with Gasteiger partial charge in [0.15, 0.2) is 0 Å². The molecular formula is C46H52F2N10O5. The Kier molecular flexibility index (Phi) is 10.9. The van der Waals surface area contributed by atoms with Crippen molar-refractivity contribution in [3.05, 3.63) is 77.1 Å². The Hall–Kier alpha value is -5.94. The Morgan fingerprint density at radius 2 is 1.67 bits per heavy atom. The lowest BCUT2D eigenvalue weighted by Crippen LogP contribution is -2.58. The van der Waals surface area contributed by atoms with Crippen molar-refractivity contribution in [2.75, 3.05) is 61.1 Å². The number of halogens is 2. The van der Waals surface area contributed by atoms with Crippen LogP contribution in [0.5, 0.6) is 5.88 Å². The van der Waals surface area contributed by atoms with E-state index in [1.165, 1.54) is 12.1 Å². The Bertz CT molecular complexity index is 2580. The number of aromatic nitrogens is 5. The van der Waals surface area contributed by atoms with Crippen LogP contribution in [0, 0.1) is 30.4 Å². The molecule has 2 aromatic carbocycles. The number of carbonyl (C=O) groups excluding carboxylic acids is 3. The minimum absolute atomic E-state index is 0.0369. The van der Waals surface area contributed by atoms with Crippen LogP contribution in [0.15, 0.2) is 48.7 Å². The summed E-state index contributed by atoms with van der Waals surface area (Å²) in [6, 6.07) is 12.4. The highest BCUT2D eigenvalue weighted by Gasteiger charge is 2.36. The molecule has 17 heteroatoms. The molecule has 0 unspecified atom stereocenters. The number of aliphatic hydroxyl groups is 1. The third kappa shape index (κ3) is 7.89. The zero-order chi connectivity index (χ0) is 43.5. The second-order valence-corrected chi connectivity index (χ2v) is 18.0. The molecular weight excluding hydrogens is 811 g/mol. The summed E-state index contributed by atoms with van der Waals surface area (Å²) in [7, 11) is 1.85. The largest absolute Gasteiger partial charge is 0.477 e. The normalized spacial score (nSPS) is 23.7. The van der Waals surface area contributed by atoms with Gasteiger partial charge in [0.2, 0.25) is 23.6 Å². The number of aliphatic hydroxyl groups excluding tert-OH is 1. The second-order valence-electron chi connectivity index (χ2n) is 18.0. The third-order valence-corrected chi connectivity index (χ3v) is 13.9. The Labute approximate surface area is 363 Å². The van der Waals surface area contributed by atoms with Gasteiger partial charge in [-0.15, -0.1) is 0 Å². The smallest absolute Gasteiger partial charge is 0.258 e. The molecule has 3 amide bonds. The monoisotopic (exact) mass is 862 g/mol. The highest BCUT2D eigenvalue weighted by atomic mass is 19.1. The van der Waals surface area contributed by atoms with E-state index in [-0.39, 0.29) is 43.0 Å². The number of piperazine rings is 1. The van der Waals surface area contributed by atoms with Gasteiger partial charge >= 0.3 is 0 Å². The first-order valence-electron chi connectivity index (χ1n) is 22.1. The van der Waals surface area contributed by atoms with Crippen molar-refractivity contribution < 1.29 is 33.0 Å². The van der Waals surface area contributed by atoms with Crippen LogP contribution in [0.1, 0.15) is 72.5 Å². The summed E-state index contributed by atoms with van der Waals surface area (Å²) in [5.74, 6) is -2.12. The van der Waals surface area contributed by atoms with E-state index in [9.17, 15) is 19.5 Å². The van der Waals surface area contributed by atoms with Crippen LogP contribution in [0.3, 0.4) is 0 Å². The summed E-state index contributed by atoms with van der Waals surface area (Å²) in [6.45, 7) is 6.42. The van der Waals surface area contributed by atoms with Gasteiger partial charge in [0.25, 0.3) is 5.91 Å². The van der Waals surface area contributed by atoms with Crippen LogP contribution in [-0.2, 0) is 23.2 Å². The van der Waals surface area contributed by atoms with E-state index in [2.05, 4.69) is 36.2 Å². The van der Waals surface area contributed by atoms with Crippen LogP contribution in [0.2, 0.25) is 0 Å².